The third kappa shape index (κ3) is 3.86. The molecule has 0 spiro atoms. The summed E-state index contributed by atoms with van der Waals surface area (Å²) in [7, 11) is 0. The zero-order valence-electron chi connectivity index (χ0n) is 10.4. The van der Waals surface area contributed by atoms with Crippen LogP contribution in [0.1, 0.15) is 11.1 Å². The third-order valence-electron chi connectivity index (χ3n) is 2.74. The minimum atomic E-state index is -0.190. The van der Waals surface area contributed by atoms with Gasteiger partial charge >= 0.3 is 0 Å². The highest BCUT2D eigenvalue weighted by Crippen LogP contribution is 2.07. The molecule has 2 aromatic carbocycles. The Kier molecular flexibility index (Phi) is 4.31. The fourth-order valence-electron chi connectivity index (χ4n) is 1.66. The summed E-state index contributed by atoms with van der Waals surface area (Å²) < 4.78 is 12.7. The van der Waals surface area contributed by atoms with Gasteiger partial charge in [-0.1, -0.05) is 29.8 Å². The van der Waals surface area contributed by atoms with Crippen LogP contribution in [0.15, 0.2) is 48.5 Å². The van der Waals surface area contributed by atoms with E-state index in [4.69, 9.17) is 0 Å². The van der Waals surface area contributed by atoms with E-state index >= 15 is 0 Å². The maximum Gasteiger partial charge on any atom is 0.123 e. The van der Waals surface area contributed by atoms with Gasteiger partial charge in [0.25, 0.3) is 0 Å². The molecule has 2 nitrogen and oxygen atoms in total. The average molecular weight is 244 g/mol. The zero-order chi connectivity index (χ0) is 12.8. The highest BCUT2D eigenvalue weighted by atomic mass is 19.1. The molecule has 0 amide bonds. The number of hydrazine groups is 1. The lowest BCUT2D eigenvalue weighted by Crippen LogP contribution is -2.24. The molecule has 0 radical (unpaired) electrons. The summed E-state index contributed by atoms with van der Waals surface area (Å²) in [6.45, 7) is 2.85. The van der Waals surface area contributed by atoms with E-state index in [2.05, 4.69) is 29.9 Å². The monoisotopic (exact) mass is 244 g/mol. The fourth-order valence-corrected chi connectivity index (χ4v) is 1.66. The molecule has 0 bridgehead atoms. The van der Waals surface area contributed by atoms with E-state index in [9.17, 15) is 4.39 Å². The van der Waals surface area contributed by atoms with Crippen LogP contribution in [0, 0.1) is 12.7 Å². The molecule has 0 unspecified atom stereocenters. The molecule has 0 aliphatic rings. The van der Waals surface area contributed by atoms with Gasteiger partial charge in [-0.25, -0.2) is 9.82 Å². The highest BCUT2D eigenvalue weighted by Gasteiger charge is 1.94. The Hall–Kier alpha value is -1.87. The van der Waals surface area contributed by atoms with Crippen molar-refractivity contribution < 1.29 is 4.39 Å². The molecule has 0 fully saturated rings. The molecular formula is C15H17FN2. The van der Waals surface area contributed by atoms with E-state index in [-0.39, 0.29) is 5.82 Å². The van der Waals surface area contributed by atoms with E-state index in [0.717, 1.165) is 24.2 Å². The molecule has 0 heterocycles. The molecule has 2 aromatic rings. The molecule has 0 aromatic heterocycles. The van der Waals surface area contributed by atoms with E-state index in [1.54, 1.807) is 0 Å². The van der Waals surface area contributed by atoms with Gasteiger partial charge in [-0.3, -0.25) is 0 Å². The number of nitrogens with one attached hydrogen (secondary N) is 2. The molecule has 0 atom stereocenters. The number of halogens is 1. The molecule has 2 rings (SSSR count). The van der Waals surface area contributed by atoms with Crippen LogP contribution >= 0.6 is 0 Å². The van der Waals surface area contributed by atoms with Gasteiger partial charge in [-0.05, 0) is 43.2 Å². The van der Waals surface area contributed by atoms with Gasteiger partial charge in [0.2, 0.25) is 0 Å². The first-order valence-electron chi connectivity index (χ1n) is 6.04. The quantitative estimate of drug-likeness (QED) is 0.623. The van der Waals surface area contributed by atoms with Gasteiger partial charge in [-0.2, -0.15) is 0 Å². The van der Waals surface area contributed by atoms with Crippen LogP contribution in [-0.2, 0) is 6.42 Å². The van der Waals surface area contributed by atoms with Gasteiger partial charge in [0.15, 0.2) is 0 Å². The lowest BCUT2D eigenvalue weighted by atomic mass is 10.1. The first kappa shape index (κ1) is 12.6. The van der Waals surface area contributed by atoms with E-state index in [0.29, 0.717) is 0 Å². The van der Waals surface area contributed by atoms with Crippen molar-refractivity contribution in [2.75, 3.05) is 12.0 Å². The summed E-state index contributed by atoms with van der Waals surface area (Å²) in [4.78, 5) is 0. The van der Waals surface area contributed by atoms with Crippen LogP contribution in [0.5, 0.6) is 0 Å². The average Bonchev–Trinajstić information content (AvgIpc) is 2.39. The molecule has 0 saturated heterocycles. The number of aryl methyl sites for hydroxylation is 1. The normalized spacial score (nSPS) is 10.3. The summed E-state index contributed by atoms with van der Waals surface area (Å²) in [5.74, 6) is -0.190. The van der Waals surface area contributed by atoms with Crippen LogP contribution in [0.4, 0.5) is 10.1 Å². The van der Waals surface area contributed by atoms with E-state index < -0.39 is 0 Å². The van der Waals surface area contributed by atoms with E-state index in [1.165, 1.54) is 17.7 Å². The predicted octanol–water partition coefficient (Wildman–Crippen LogP) is 3.29. The van der Waals surface area contributed by atoms with Crippen LogP contribution in [0.2, 0.25) is 0 Å². The molecule has 94 valence electrons. The Morgan fingerprint density at radius 1 is 0.944 bits per heavy atom. The molecular weight excluding hydrogens is 227 g/mol. The number of anilines is 1. The number of rotatable bonds is 5. The Labute approximate surface area is 107 Å². The standard InChI is InChI=1S/C15H17FN2/c1-12-2-8-15(9-3-12)18-17-11-10-13-4-6-14(16)7-5-13/h2-9,17-18H,10-11H2,1H3. The third-order valence-corrected chi connectivity index (χ3v) is 2.74. The second-order valence-electron chi connectivity index (χ2n) is 4.29. The van der Waals surface area contributed by atoms with Crippen LogP contribution in [0.25, 0.3) is 0 Å². The minimum Gasteiger partial charge on any atom is -0.321 e. The van der Waals surface area contributed by atoms with Crippen molar-refractivity contribution in [3.05, 3.63) is 65.5 Å². The summed E-state index contributed by atoms with van der Waals surface area (Å²) in [6.07, 6.45) is 0.860. The van der Waals surface area contributed by atoms with Crippen molar-refractivity contribution in [3.63, 3.8) is 0 Å². The highest BCUT2D eigenvalue weighted by molar-refractivity contribution is 5.43. The van der Waals surface area contributed by atoms with Gasteiger partial charge in [-0.15, -0.1) is 0 Å². The SMILES string of the molecule is Cc1ccc(NNCCc2ccc(F)cc2)cc1. The smallest absolute Gasteiger partial charge is 0.123 e. The number of hydrogen-bond acceptors (Lipinski definition) is 2. The van der Waals surface area contributed by atoms with Crippen LogP contribution in [-0.4, -0.2) is 6.54 Å². The lowest BCUT2D eigenvalue weighted by molar-refractivity contribution is 0.626. The molecule has 18 heavy (non-hydrogen) atoms. The Bertz CT molecular complexity index is 429. The van der Waals surface area contributed by atoms with E-state index in [1.807, 2.05) is 24.3 Å². The molecule has 0 saturated carbocycles. The maximum atomic E-state index is 12.7. The molecule has 2 N–H and O–H groups in total. The fraction of sp³-hybridized carbons (Fsp3) is 0.200. The van der Waals surface area contributed by atoms with Crippen molar-refractivity contribution in [2.45, 2.75) is 13.3 Å². The van der Waals surface area contributed by atoms with Crippen LogP contribution in [0.3, 0.4) is 0 Å². The van der Waals surface area contributed by atoms with Crippen molar-refractivity contribution in [1.82, 2.24) is 5.43 Å². The van der Waals surface area contributed by atoms with Gasteiger partial charge in [0, 0.05) is 12.2 Å². The Morgan fingerprint density at radius 2 is 1.61 bits per heavy atom. The number of benzene rings is 2. The lowest BCUT2D eigenvalue weighted by Gasteiger charge is -2.08. The first-order chi connectivity index (χ1) is 8.74. The summed E-state index contributed by atoms with van der Waals surface area (Å²) in [5, 5.41) is 0. The molecule has 3 heteroatoms. The zero-order valence-corrected chi connectivity index (χ0v) is 10.4. The van der Waals surface area contributed by atoms with Crippen LogP contribution < -0.4 is 10.9 Å². The molecule has 0 aliphatic carbocycles. The minimum absolute atomic E-state index is 0.190. The second kappa shape index (κ2) is 6.17. The van der Waals surface area contributed by atoms with Crippen molar-refractivity contribution in [1.29, 1.82) is 0 Å². The first-order valence-corrected chi connectivity index (χ1v) is 6.04. The second-order valence-corrected chi connectivity index (χ2v) is 4.29. The predicted molar refractivity (Wildman–Crippen MR) is 72.9 cm³/mol. The number of hydrogen-bond donors (Lipinski definition) is 2. The Balaban J connectivity index is 1.73. The maximum absolute atomic E-state index is 12.7. The van der Waals surface area contributed by atoms with Gasteiger partial charge < -0.3 is 5.43 Å². The summed E-state index contributed by atoms with van der Waals surface area (Å²) in [5.41, 5.74) is 9.67. The van der Waals surface area contributed by atoms with Crippen molar-refractivity contribution in [3.8, 4) is 0 Å². The summed E-state index contributed by atoms with van der Waals surface area (Å²) in [6, 6.07) is 14.8. The Morgan fingerprint density at radius 3 is 2.28 bits per heavy atom. The van der Waals surface area contributed by atoms with Crippen molar-refractivity contribution >= 4 is 5.69 Å². The van der Waals surface area contributed by atoms with Gasteiger partial charge in [0.05, 0.1) is 0 Å². The summed E-state index contributed by atoms with van der Waals surface area (Å²) >= 11 is 0. The molecule has 0 aliphatic heterocycles. The van der Waals surface area contributed by atoms with Crippen molar-refractivity contribution in [2.24, 2.45) is 0 Å². The van der Waals surface area contributed by atoms with Gasteiger partial charge in [0.1, 0.15) is 5.82 Å². The largest absolute Gasteiger partial charge is 0.321 e. The topological polar surface area (TPSA) is 24.1 Å².